The monoisotopic (exact) mass is 253 g/mol. The predicted molar refractivity (Wildman–Crippen MR) is 73.7 cm³/mol. The number of aromatic amines is 1. The van der Waals surface area contributed by atoms with Crippen LogP contribution < -0.4 is 5.32 Å². The second kappa shape index (κ2) is 3.82. The van der Waals surface area contributed by atoms with Gasteiger partial charge < -0.3 is 10.3 Å². The fraction of sp³-hybridized carbons (Fsp3) is 0.133. The van der Waals surface area contributed by atoms with Gasteiger partial charge in [0.25, 0.3) is 0 Å². The van der Waals surface area contributed by atoms with Gasteiger partial charge in [-0.25, -0.2) is 9.37 Å². The van der Waals surface area contributed by atoms with Gasteiger partial charge in [-0.05, 0) is 36.2 Å². The van der Waals surface area contributed by atoms with Gasteiger partial charge in [0.05, 0.1) is 11.0 Å². The van der Waals surface area contributed by atoms with Crippen LogP contribution in [0.5, 0.6) is 0 Å². The Morgan fingerprint density at radius 1 is 1.16 bits per heavy atom. The van der Waals surface area contributed by atoms with Crippen LogP contribution in [0.15, 0.2) is 36.4 Å². The van der Waals surface area contributed by atoms with Crippen LogP contribution >= 0.6 is 0 Å². The molecule has 2 N–H and O–H groups in total. The van der Waals surface area contributed by atoms with Gasteiger partial charge in [-0.15, -0.1) is 0 Å². The number of benzene rings is 2. The SMILES string of the molecule is Fc1cccc(-c2nc3cc4c(cc3[nH]2)CCN4)c1. The first-order valence-electron chi connectivity index (χ1n) is 6.32. The van der Waals surface area contributed by atoms with Gasteiger partial charge in [0, 0.05) is 17.8 Å². The summed E-state index contributed by atoms with van der Waals surface area (Å²) in [5, 5.41) is 3.34. The highest BCUT2D eigenvalue weighted by molar-refractivity contribution is 5.85. The minimum atomic E-state index is -0.248. The van der Waals surface area contributed by atoms with E-state index in [0.717, 1.165) is 35.2 Å². The molecule has 0 saturated carbocycles. The molecule has 0 saturated heterocycles. The summed E-state index contributed by atoms with van der Waals surface area (Å²) in [5.74, 6) is 0.459. The Kier molecular flexibility index (Phi) is 2.12. The van der Waals surface area contributed by atoms with Crippen LogP contribution in [0.3, 0.4) is 0 Å². The third kappa shape index (κ3) is 1.68. The van der Waals surface area contributed by atoms with Gasteiger partial charge in [0.2, 0.25) is 0 Å². The van der Waals surface area contributed by atoms with E-state index in [1.54, 1.807) is 6.07 Å². The van der Waals surface area contributed by atoms with E-state index in [9.17, 15) is 4.39 Å². The number of halogens is 1. The molecule has 0 radical (unpaired) electrons. The van der Waals surface area contributed by atoms with E-state index in [2.05, 4.69) is 27.4 Å². The lowest BCUT2D eigenvalue weighted by atomic mass is 10.1. The van der Waals surface area contributed by atoms with Crippen molar-refractivity contribution in [2.45, 2.75) is 6.42 Å². The van der Waals surface area contributed by atoms with Crippen molar-refractivity contribution >= 4 is 16.7 Å². The number of aromatic nitrogens is 2. The normalized spacial score (nSPS) is 13.5. The summed E-state index contributed by atoms with van der Waals surface area (Å²) < 4.78 is 13.2. The molecule has 4 rings (SSSR count). The number of nitrogens with zero attached hydrogens (tertiary/aromatic N) is 1. The summed E-state index contributed by atoms with van der Waals surface area (Å²) in [6, 6.07) is 10.7. The van der Waals surface area contributed by atoms with Crippen LogP contribution in [0, 0.1) is 5.82 Å². The van der Waals surface area contributed by atoms with Crippen molar-refractivity contribution in [1.29, 1.82) is 0 Å². The number of H-pyrrole nitrogens is 1. The van der Waals surface area contributed by atoms with Crippen LogP contribution in [-0.2, 0) is 6.42 Å². The fourth-order valence-electron chi connectivity index (χ4n) is 2.58. The Labute approximate surface area is 109 Å². The van der Waals surface area contributed by atoms with Crippen molar-refractivity contribution in [3.8, 4) is 11.4 Å². The minimum absolute atomic E-state index is 0.248. The molecule has 2 heterocycles. The molecular weight excluding hydrogens is 241 g/mol. The van der Waals surface area contributed by atoms with Crippen molar-refractivity contribution in [2.75, 3.05) is 11.9 Å². The number of nitrogens with one attached hydrogen (secondary N) is 2. The van der Waals surface area contributed by atoms with Gasteiger partial charge in [-0.3, -0.25) is 0 Å². The lowest BCUT2D eigenvalue weighted by molar-refractivity contribution is 0.628. The number of rotatable bonds is 1. The molecule has 0 amide bonds. The molecule has 1 aliphatic rings. The molecule has 0 bridgehead atoms. The molecule has 0 unspecified atom stereocenters. The fourth-order valence-corrected chi connectivity index (χ4v) is 2.58. The lowest BCUT2D eigenvalue weighted by Crippen LogP contribution is -1.90. The maximum Gasteiger partial charge on any atom is 0.138 e. The van der Waals surface area contributed by atoms with Crippen molar-refractivity contribution in [3.05, 3.63) is 47.8 Å². The van der Waals surface area contributed by atoms with Gasteiger partial charge in [-0.2, -0.15) is 0 Å². The van der Waals surface area contributed by atoms with Gasteiger partial charge in [-0.1, -0.05) is 12.1 Å². The summed E-state index contributed by atoms with van der Waals surface area (Å²) >= 11 is 0. The second-order valence-corrected chi connectivity index (χ2v) is 4.80. The Morgan fingerprint density at radius 3 is 3.00 bits per heavy atom. The minimum Gasteiger partial charge on any atom is -0.384 e. The lowest BCUT2D eigenvalue weighted by Gasteiger charge is -1.97. The molecule has 94 valence electrons. The Balaban J connectivity index is 1.88. The van der Waals surface area contributed by atoms with E-state index in [4.69, 9.17) is 0 Å². The molecule has 0 spiro atoms. The van der Waals surface area contributed by atoms with E-state index < -0.39 is 0 Å². The van der Waals surface area contributed by atoms with E-state index >= 15 is 0 Å². The highest BCUT2D eigenvalue weighted by atomic mass is 19.1. The Hall–Kier alpha value is -2.36. The van der Waals surface area contributed by atoms with Crippen LogP contribution in [0.25, 0.3) is 22.4 Å². The molecular formula is C15H12FN3. The number of hydrogen-bond acceptors (Lipinski definition) is 2. The maximum absolute atomic E-state index is 13.2. The summed E-state index contributed by atoms with van der Waals surface area (Å²) in [7, 11) is 0. The third-order valence-corrected chi connectivity index (χ3v) is 3.51. The van der Waals surface area contributed by atoms with Crippen LogP contribution in [-0.4, -0.2) is 16.5 Å². The van der Waals surface area contributed by atoms with Gasteiger partial charge >= 0.3 is 0 Å². The van der Waals surface area contributed by atoms with Gasteiger partial charge in [0.15, 0.2) is 0 Å². The molecule has 4 heteroatoms. The average molecular weight is 253 g/mol. The summed E-state index contributed by atoms with van der Waals surface area (Å²) in [4.78, 5) is 7.80. The molecule has 3 aromatic rings. The topological polar surface area (TPSA) is 40.7 Å². The van der Waals surface area contributed by atoms with Crippen molar-refractivity contribution in [1.82, 2.24) is 9.97 Å². The summed E-state index contributed by atoms with van der Waals surface area (Å²) in [6.07, 6.45) is 1.04. The zero-order chi connectivity index (χ0) is 12.8. The van der Waals surface area contributed by atoms with Crippen LogP contribution in [0.1, 0.15) is 5.56 Å². The number of anilines is 1. The number of imidazole rings is 1. The highest BCUT2D eigenvalue weighted by Gasteiger charge is 2.13. The molecule has 1 aliphatic heterocycles. The zero-order valence-electron chi connectivity index (χ0n) is 10.2. The Morgan fingerprint density at radius 2 is 2.11 bits per heavy atom. The molecule has 0 atom stereocenters. The van der Waals surface area contributed by atoms with Crippen molar-refractivity contribution in [3.63, 3.8) is 0 Å². The summed E-state index contributed by atoms with van der Waals surface area (Å²) in [6.45, 7) is 0.985. The van der Waals surface area contributed by atoms with Gasteiger partial charge in [0.1, 0.15) is 11.6 Å². The molecule has 19 heavy (non-hydrogen) atoms. The third-order valence-electron chi connectivity index (χ3n) is 3.51. The van der Waals surface area contributed by atoms with Crippen molar-refractivity contribution < 1.29 is 4.39 Å². The summed E-state index contributed by atoms with van der Waals surface area (Å²) in [5.41, 5.74) is 5.14. The second-order valence-electron chi connectivity index (χ2n) is 4.80. The predicted octanol–water partition coefficient (Wildman–Crippen LogP) is 3.34. The smallest absolute Gasteiger partial charge is 0.138 e. The highest BCUT2D eigenvalue weighted by Crippen LogP contribution is 2.29. The zero-order valence-corrected chi connectivity index (χ0v) is 10.2. The first kappa shape index (κ1) is 10.6. The molecule has 3 nitrogen and oxygen atoms in total. The van der Waals surface area contributed by atoms with E-state index in [1.165, 1.54) is 17.7 Å². The molecule has 0 fully saturated rings. The number of hydrogen-bond donors (Lipinski definition) is 2. The number of fused-ring (bicyclic) bond motifs is 2. The van der Waals surface area contributed by atoms with Crippen molar-refractivity contribution in [2.24, 2.45) is 0 Å². The van der Waals surface area contributed by atoms with E-state index in [1.807, 2.05) is 6.07 Å². The van der Waals surface area contributed by atoms with Crippen LogP contribution in [0.4, 0.5) is 10.1 Å². The van der Waals surface area contributed by atoms with E-state index in [-0.39, 0.29) is 5.82 Å². The molecule has 1 aromatic heterocycles. The van der Waals surface area contributed by atoms with E-state index in [0.29, 0.717) is 5.82 Å². The Bertz CT molecular complexity index is 735. The maximum atomic E-state index is 13.2. The quantitative estimate of drug-likeness (QED) is 0.698. The average Bonchev–Trinajstić information content (AvgIpc) is 3.00. The van der Waals surface area contributed by atoms with Crippen LogP contribution in [0.2, 0.25) is 0 Å². The largest absolute Gasteiger partial charge is 0.384 e. The first-order chi connectivity index (χ1) is 9.29. The molecule has 0 aliphatic carbocycles. The standard InChI is InChI=1S/C15H12FN3/c16-11-3-1-2-10(6-11)15-18-13-7-9-4-5-17-12(9)8-14(13)19-15/h1-3,6-8,17H,4-5H2,(H,18,19). The first-order valence-corrected chi connectivity index (χ1v) is 6.32. The molecule has 2 aromatic carbocycles.